The predicted octanol–water partition coefficient (Wildman–Crippen LogP) is 4.08. The highest BCUT2D eigenvalue weighted by Gasteiger charge is 2.19. The molecule has 3 heteroatoms. The fraction of sp³-hybridized carbons (Fsp3) is 0.647. The van der Waals surface area contributed by atoms with Gasteiger partial charge in [-0.15, -0.1) is 0 Å². The number of hydrogen-bond acceptors (Lipinski definition) is 2. The second kappa shape index (κ2) is 8.66. The van der Waals surface area contributed by atoms with Gasteiger partial charge in [0.25, 0.3) is 0 Å². The highest BCUT2D eigenvalue weighted by molar-refractivity contribution is 6.30. The Balaban J connectivity index is 1.48. The Kier molecular flexibility index (Phi) is 6.85. The molecule has 1 aromatic rings. The minimum Gasteiger partial charge on any atom is -0.314 e. The van der Waals surface area contributed by atoms with Crippen LogP contribution in [0.25, 0.3) is 0 Å². The summed E-state index contributed by atoms with van der Waals surface area (Å²) < 4.78 is 0. The third kappa shape index (κ3) is 6.74. The maximum absolute atomic E-state index is 6.01. The summed E-state index contributed by atoms with van der Waals surface area (Å²) in [5.41, 5.74) is 1.30. The number of rotatable bonds is 10. The third-order valence-electron chi connectivity index (χ3n) is 3.82. The zero-order chi connectivity index (χ0) is 14.2. The molecule has 0 bridgehead atoms. The van der Waals surface area contributed by atoms with Gasteiger partial charge in [-0.25, -0.2) is 0 Å². The molecule has 2 nitrogen and oxygen atoms in total. The van der Waals surface area contributed by atoms with Gasteiger partial charge in [-0.3, -0.25) is 0 Å². The van der Waals surface area contributed by atoms with E-state index in [0.29, 0.717) is 0 Å². The summed E-state index contributed by atoms with van der Waals surface area (Å²) >= 11 is 6.01. The van der Waals surface area contributed by atoms with Crippen molar-refractivity contribution in [2.24, 2.45) is 0 Å². The van der Waals surface area contributed by atoms with Crippen LogP contribution in [0.3, 0.4) is 0 Å². The van der Waals surface area contributed by atoms with E-state index < -0.39 is 0 Å². The van der Waals surface area contributed by atoms with Gasteiger partial charge >= 0.3 is 0 Å². The Bertz CT molecular complexity index is 390. The summed E-state index contributed by atoms with van der Waals surface area (Å²) in [5.74, 6) is 0. The molecule has 1 aromatic carbocycles. The van der Waals surface area contributed by atoms with Gasteiger partial charge in [0, 0.05) is 17.6 Å². The SMILES string of the molecule is CN(CCCCCCNC1CC1)Cc1cccc(Cl)c1. The zero-order valence-corrected chi connectivity index (χ0v) is 13.3. The van der Waals surface area contributed by atoms with Crippen molar-refractivity contribution in [3.63, 3.8) is 0 Å². The van der Waals surface area contributed by atoms with Gasteiger partial charge in [0.1, 0.15) is 0 Å². The lowest BCUT2D eigenvalue weighted by Crippen LogP contribution is -2.19. The van der Waals surface area contributed by atoms with E-state index in [0.717, 1.165) is 17.6 Å². The molecule has 0 spiro atoms. The maximum Gasteiger partial charge on any atom is 0.0409 e. The van der Waals surface area contributed by atoms with Crippen molar-refractivity contribution >= 4 is 11.6 Å². The van der Waals surface area contributed by atoms with Crippen LogP contribution in [0.5, 0.6) is 0 Å². The molecule has 112 valence electrons. The first-order valence-electron chi connectivity index (χ1n) is 7.90. The number of halogens is 1. The van der Waals surface area contributed by atoms with Crippen molar-refractivity contribution in [3.05, 3.63) is 34.9 Å². The smallest absolute Gasteiger partial charge is 0.0409 e. The van der Waals surface area contributed by atoms with Gasteiger partial charge in [0.2, 0.25) is 0 Å². The van der Waals surface area contributed by atoms with Crippen LogP contribution in [0.1, 0.15) is 44.1 Å². The summed E-state index contributed by atoms with van der Waals surface area (Å²) in [5, 5.41) is 4.40. The molecule has 0 aliphatic heterocycles. The minimum atomic E-state index is 0.832. The number of benzene rings is 1. The highest BCUT2D eigenvalue weighted by Crippen LogP contribution is 2.18. The minimum absolute atomic E-state index is 0.832. The van der Waals surface area contributed by atoms with Gasteiger partial charge < -0.3 is 10.2 Å². The summed E-state index contributed by atoms with van der Waals surface area (Å²) in [6.07, 6.45) is 8.11. The third-order valence-corrected chi connectivity index (χ3v) is 4.05. The normalized spacial score (nSPS) is 14.9. The van der Waals surface area contributed by atoms with Crippen molar-refractivity contribution in [2.45, 2.75) is 51.1 Å². The molecule has 0 radical (unpaired) electrons. The molecule has 0 heterocycles. The van der Waals surface area contributed by atoms with Crippen LogP contribution in [-0.4, -0.2) is 31.1 Å². The van der Waals surface area contributed by atoms with Gasteiger partial charge in [-0.2, -0.15) is 0 Å². The fourth-order valence-corrected chi connectivity index (χ4v) is 2.69. The van der Waals surface area contributed by atoms with E-state index in [1.807, 2.05) is 12.1 Å². The molecule has 0 aromatic heterocycles. The van der Waals surface area contributed by atoms with Crippen LogP contribution < -0.4 is 5.32 Å². The number of nitrogens with one attached hydrogen (secondary N) is 1. The van der Waals surface area contributed by atoms with E-state index in [1.165, 1.54) is 57.2 Å². The first-order valence-corrected chi connectivity index (χ1v) is 8.28. The Labute approximate surface area is 128 Å². The van der Waals surface area contributed by atoms with E-state index in [9.17, 15) is 0 Å². The molecule has 1 aliphatic rings. The van der Waals surface area contributed by atoms with Crippen LogP contribution in [0.2, 0.25) is 5.02 Å². The molecule has 0 amide bonds. The van der Waals surface area contributed by atoms with Gasteiger partial charge in [-0.05, 0) is 63.5 Å². The largest absolute Gasteiger partial charge is 0.314 e. The molecule has 20 heavy (non-hydrogen) atoms. The summed E-state index contributed by atoms with van der Waals surface area (Å²) in [4.78, 5) is 2.38. The van der Waals surface area contributed by atoms with Crippen LogP contribution in [0.4, 0.5) is 0 Å². The first kappa shape index (κ1) is 15.8. The van der Waals surface area contributed by atoms with E-state index in [1.54, 1.807) is 0 Å². The standard InChI is InChI=1S/C17H27ClN2/c1-20(14-15-7-6-8-16(18)13-15)12-5-3-2-4-11-19-17-9-10-17/h6-8,13,17,19H,2-5,9-12,14H2,1H3. The first-order chi connectivity index (χ1) is 9.74. The van der Waals surface area contributed by atoms with E-state index in [-0.39, 0.29) is 0 Å². The number of hydrogen-bond donors (Lipinski definition) is 1. The van der Waals surface area contributed by atoms with Crippen molar-refractivity contribution in [1.82, 2.24) is 10.2 Å². The average molecular weight is 295 g/mol. The predicted molar refractivity (Wildman–Crippen MR) is 87.3 cm³/mol. The topological polar surface area (TPSA) is 15.3 Å². The zero-order valence-electron chi connectivity index (χ0n) is 12.6. The average Bonchev–Trinajstić information content (AvgIpc) is 3.21. The quantitative estimate of drug-likeness (QED) is 0.654. The Morgan fingerprint density at radius 2 is 2.00 bits per heavy atom. The molecule has 1 N–H and O–H groups in total. The van der Waals surface area contributed by atoms with Crippen LogP contribution in [0, 0.1) is 0 Å². The summed E-state index contributed by atoms with van der Waals surface area (Å²) in [7, 11) is 2.19. The van der Waals surface area contributed by atoms with Crippen LogP contribution >= 0.6 is 11.6 Å². The van der Waals surface area contributed by atoms with Gasteiger partial charge in [0.15, 0.2) is 0 Å². The van der Waals surface area contributed by atoms with Gasteiger partial charge in [0.05, 0.1) is 0 Å². The Hall–Kier alpha value is -0.570. The van der Waals surface area contributed by atoms with Crippen molar-refractivity contribution in [1.29, 1.82) is 0 Å². The van der Waals surface area contributed by atoms with E-state index >= 15 is 0 Å². The summed E-state index contributed by atoms with van der Waals surface area (Å²) in [6.45, 7) is 3.37. The molecular formula is C17H27ClN2. The lowest BCUT2D eigenvalue weighted by molar-refractivity contribution is 0.316. The van der Waals surface area contributed by atoms with E-state index in [2.05, 4.69) is 29.4 Å². The summed E-state index contributed by atoms with van der Waals surface area (Å²) in [6, 6.07) is 9.02. The fourth-order valence-electron chi connectivity index (χ4n) is 2.48. The molecule has 0 saturated heterocycles. The monoisotopic (exact) mass is 294 g/mol. The lowest BCUT2D eigenvalue weighted by atomic mass is 10.1. The molecule has 1 aliphatic carbocycles. The molecular weight excluding hydrogens is 268 g/mol. The number of nitrogens with zero attached hydrogens (tertiary/aromatic N) is 1. The van der Waals surface area contributed by atoms with Crippen LogP contribution in [-0.2, 0) is 6.54 Å². The highest BCUT2D eigenvalue weighted by atomic mass is 35.5. The molecule has 0 unspecified atom stereocenters. The lowest BCUT2D eigenvalue weighted by Gasteiger charge is -2.16. The second-order valence-corrected chi connectivity index (χ2v) is 6.45. The molecule has 0 atom stereocenters. The van der Waals surface area contributed by atoms with Crippen molar-refractivity contribution < 1.29 is 0 Å². The number of unbranched alkanes of at least 4 members (excludes halogenated alkanes) is 3. The molecule has 1 saturated carbocycles. The Morgan fingerprint density at radius 1 is 1.20 bits per heavy atom. The van der Waals surface area contributed by atoms with E-state index in [4.69, 9.17) is 11.6 Å². The van der Waals surface area contributed by atoms with Crippen LogP contribution in [0.15, 0.2) is 24.3 Å². The van der Waals surface area contributed by atoms with Crippen molar-refractivity contribution in [2.75, 3.05) is 20.1 Å². The van der Waals surface area contributed by atoms with Gasteiger partial charge in [-0.1, -0.05) is 36.6 Å². The molecule has 1 fully saturated rings. The van der Waals surface area contributed by atoms with Crippen molar-refractivity contribution in [3.8, 4) is 0 Å². The second-order valence-electron chi connectivity index (χ2n) is 6.01. The molecule has 2 rings (SSSR count). The maximum atomic E-state index is 6.01. The Morgan fingerprint density at radius 3 is 2.75 bits per heavy atom.